The molecule has 0 aromatic heterocycles. The summed E-state index contributed by atoms with van der Waals surface area (Å²) >= 11 is 0. The highest BCUT2D eigenvalue weighted by molar-refractivity contribution is 5.68. The zero-order valence-corrected chi connectivity index (χ0v) is 11.5. The van der Waals surface area contributed by atoms with Crippen LogP contribution in [0.1, 0.15) is 46.5 Å². The second kappa shape index (κ2) is 6.24. The Labute approximate surface area is 104 Å². The predicted molar refractivity (Wildman–Crippen MR) is 69.0 cm³/mol. The lowest BCUT2D eigenvalue weighted by molar-refractivity contribution is 0.0487. The Balaban J connectivity index is 2.24. The summed E-state index contributed by atoms with van der Waals surface area (Å²) < 4.78 is 5.25. The van der Waals surface area contributed by atoms with Crippen molar-refractivity contribution in [3.05, 3.63) is 0 Å². The van der Waals surface area contributed by atoms with E-state index in [0.717, 1.165) is 25.3 Å². The second-order valence-electron chi connectivity index (χ2n) is 5.92. The van der Waals surface area contributed by atoms with E-state index in [1.807, 2.05) is 27.8 Å². The van der Waals surface area contributed by atoms with Crippen LogP contribution in [0, 0.1) is 5.92 Å². The molecule has 2 N–H and O–H groups in total. The minimum absolute atomic E-state index is 0.283. The van der Waals surface area contributed by atoms with E-state index in [1.54, 1.807) is 0 Å². The lowest BCUT2D eigenvalue weighted by Gasteiger charge is -2.29. The third-order valence-corrected chi connectivity index (χ3v) is 3.06. The summed E-state index contributed by atoms with van der Waals surface area (Å²) in [4.78, 5) is 11.6. The number of carbonyl (C=O) groups excluding carboxylic acids is 1. The van der Waals surface area contributed by atoms with Crippen LogP contribution in [-0.4, -0.2) is 31.3 Å². The van der Waals surface area contributed by atoms with E-state index in [0.29, 0.717) is 0 Å². The molecule has 0 aliphatic heterocycles. The number of alkyl carbamates (subject to hydrolysis) is 1. The molecule has 1 aliphatic rings. The van der Waals surface area contributed by atoms with Crippen LogP contribution in [0.5, 0.6) is 0 Å². The van der Waals surface area contributed by atoms with Crippen molar-refractivity contribution in [1.82, 2.24) is 10.6 Å². The van der Waals surface area contributed by atoms with Crippen LogP contribution < -0.4 is 10.6 Å². The molecule has 100 valence electrons. The van der Waals surface area contributed by atoms with Crippen LogP contribution in [0.4, 0.5) is 4.79 Å². The molecule has 1 aliphatic carbocycles. The smallest absolute Gasteiger partial charge is 0.407 e. The monoisotopic (exact) mass is 242 g/mol. The van der Waals surface area contributed by atoms with E-state index in [1.165, 1.54) is 12.8 Å². The molecule has 0 spiro atoms. The molecule has 0 bridgehead atoms. The number of carbonyl (C=O) groups is 1. The Morgan fingerprint density at radius 2 is 1.82 bits per heavy atom. The van der Waals surface area contributed by atoms with Gasteiger partial charge in [-0.05, 0) is 66.0 Å². The van der Waals surface area contributed by atoms with E-state index in [9.17, 15) is 4.79 Å². The Kier molecular flexibility index (Phi) is 5.25. The first kappa shape index (κ1) is 14.3. The highest BCUT2D eigenvalue weighted by atomic mass is 16.6. The molecule has 0 saturated heterocycles. The van der Waals surface area contributed by atoms with Crippen LogP contribution >= 0.6 is 0 Å². The fraction of sp³-hybridized carbons (Fsp3) is 0.923. The van der Waals surface area contributed by atoms with E-state index >= 15 is 0 Å². The molecule has 1 rings (SSSR count). The minimum atomic E-state index is -0.409. The van der Waals surface area contributed by atoms with Crippen LogP contribution in [-0.2, 0) is 4.74 Å². The maximum Gasteiger partial charge on any atom is 0.407 e. The van der Waals surface area contributed by atoms with E-state index in [-0.39, 0.29) is 12.1 Å². The zero-order valence-electron chi connectivity index (χ0n) is 11.5. The van der Waals surface area contributed by atoms with Gasteiger partial charge in [0.15, 0.2) is 0 Å². The van der Waals surface area contributed by atoms with Gasteiger partial charge in [0.25, 0.3) is 0 Å². The molecule has 1 fully saturated rings. The Bertz CT molecular complexity index is 240. The molecule has 1 amide bonds. The molecule has 0 aromatic carbocycles. The van der Waals surface area contributed by atoms with Crippen molar-refractivity contribution in [3.63, 3.8) is 0 Å². The maximum absolute atomic E-state index is 11.6. The first-order valence-electron chi connectivity index (χ1n) is 6.55. The van der Waals surface area contributed by atoms with E-state index < -0.39 is 5.60 Å². The highest BCUT2D eigenvalue weighted by Gasteiger charge is 2.24. The van der Waals surface area contributed by atoms with Crippen molar-refractivity contribution in [2.75, 3.05) is 13.6 Å². The summed E-state index contributed by atoms with van der Waals surface area (Å²) in [5.41, 5.74) is -0.409. The van der Waals surface area contributed by atoms with Crippen LogP contribution in [0.25, 0.3) is 0 Å². The van der Waals surface area contributed by atoms with Crippen molar-refractivity contribution in [2.24, 2.45) is 5.92 Å². The SMILES string of the molecule is CNC[C@H]1CC[C@H](NC(=O)OC(C)(C)C)CC1. The van der Waals surface area contributed by atoms with Gasteiger partial charge in [-0.25, -0.2) is 4.79 Å². The lowest BCUT2D eigenvalue weighted by atomic mass is 9.86. The molecule has 4 heteroatoms. The van der Waals surface area contributed by atoms with E-state index in [4.69, 9.17) is 4.74 Å². The molecular weight excluding hydrogens is 216 g/mol. The third kappa shape index (κ3) is 5.91. The van der Waals surface area contributed by atoms with Gasteiger partial charge in [-0.2, -0.15) is 0 Å². The van der Waals surface area contributed by atoms with Crippen molar-refractivity contribution in [1.29, 1.82) is 0 Å². The number of hydrogen-bond acceptors (Lipinski definition) is 3. The Morgan fingerprint density at radius 3 is 2.29 bits per heavy atom. The van der Waals surface area contributed by atoms with Gasteiger partial charge in [-0.3, -0.25) is 0 Å². The van der Waals surface area contributed by atoms with Crippen LogP contribution in [0.2, 0.25) is 0 Å². The first-order chi connectivity index (χ1) is 7.90. The fourth-order valence-corrected chi connectivity index (χ4v) is 2.27. The van der Waals surface area contributed by atoms with Crippen LogP contribution in [0.3, 0.4) is 0 Å². The van der Waals surface area contributed by atoms with Crippen molar-refractivity contribution < 1.29 is 9.53 Å². The normalized spacial score (nSPS) is 25.4. The fourth-order valence-electron chi connectivity index (χ4n) is 2.27. The molecule has 17 heavy (non-hydrogen) atoms. The van der Waals surface area contributed by atoms with Gasteiger partial charge in [0, 0.05) is 6.04 Å². The Hall–Kier alpha value is -0.770. The standard InChI is InChI=1S/C13H26N2O2/c1-13(2,3)17-12(16)15-11-7-5-10(6-8-11)9-14-4/h10-11,14H,5-9H2,1-4H3,(H,15,16)/t10-,11-. The predicted octanol–water partition coefficient (Wildman–Crippen LogP) is 2.29. The maximum atomic E-state index is 11.6. The average molecular weight is 242 g/mol. The summed E-state index contributed by atoms with van der Waals surface area (Å²) in [6.45, 7) is 6.74. The van der Waals surface area contributed by atoms with Gasteiger partial charge in [-0.15, -0.1) is 0 Å². The molecule has 0 unspecified atom stereocenters. The number of ether oxygens (including phenoxy) is 1. The molecular formula is C13H26N2O2. The topological polar surface area (TPSA) is 50.4 Å². The minimum Gasteiger partial charge on any atom is -0.444 e. The number of rotatable bonds is 3. The largest absolute Gasteiger partial charge is 0.444 e. The first-order valence-corrected chi connectivity index (χ1v) is 6.55. The van der Waals surface area contributed by atoms with Gasteiger partial charge in [-0.1, -0.05) is 0 Å². The molecule has 0 aromatic rings. The number of hydrogen-bond donors (Lipinski definition) is 2. The average Bonchev–Trinajstić information content (AvgIpc) is 2.18. The summed E-state index contributed by atoms with van der Waals surface area (Å²) in [6, 6.07) is 0.290. The summed E-state index contributed by atoms with van der Waals surface area (Å²) in [5, 5.41) is 6.17. The highest BCUT2D eigenvalue weighted by Crippen LogP contribution is 2.23. The van der Waals surface area contributed by atoms with Gasteiger partial charge in [0.2, 0.25) is 0 Å². The summed E-state index contributed by atoms with van der Waals surface area (Å²) in [7, 11) is 1.99. The van der Waals surface area contributed by atoms with Crippen LogP contribution in [0.15, 0.2) is 0 Å². The molecule has 1 saturated carbocycles. The molecule has 0 atom stereocenters. The van der Waals surface area contributed by atoms with Crippen molar-refractivity contribution in [3.8, 4) is 0 Å². The zero-order chi connectivity index (χ0) is 12.9. The molecule has 0 radical (unpaired) electrons. The van der Waals surface area contributed by atoms with E-state index in [2.05, 4.69) is 10.6 Å². The van der Waals surface area contributed by atoms with Crippen molar-refractivity contribution in [2.45, 2.75) is 58.1 Å². The third-order valence-electron chi connectivity index (χ3n) is 3.06. The lowest BCUT2D eigenvalue weighted by Crippen LogP contribution is -2.41. The summed E-state index contributed by atoms with van der Waals surface area (Å²) in [5.74, 6) is 0.761. The number of amides is 1. The summed E-state index contributed by atoms with van der Waals surface area (Å²) in [6.07, 6.45) is 4.20. The van der Waals surface area contributed by atoms with Gasteiger partial charge >= 0.3 is 6.09 Å². The molecule has 0 heterocycles. The number of nitrogens with one attached hydrogen (secondary N) is 2. The Morgan fingerprint density at radius 1 is 1.24 bits per heavy atom. The van der Waals surface area contributed by atoms with Gasteiger partial charge < -0.3 is 15.4 Å². The second-order valence-corrected chi connectivity index (χ2v) is 5.92. The van der Waals surface area contributed by atoms with Crippen molar-refractivity contribution >= 4 is 6.09 Å². The molecule has 4 nitrogen and oxygen atoms in total. The quantitative estimate of drug-likeness (QED) is 0.798. The van der Waals surface area contributed by atoms with Gasteiger partial charge in [0.1, 0.15) is 5.60 Å². The van der Waals surface area contributed by atoms with Gasteiger partial charge in [0.05, 0.1) is 0 Å².